The molecule has 1 unspecified atom stereocenters. The number of unbranched alkanes of at least 4 members (excludes halogenated alkanes) is 9. The highest BCUT2D eigenvalue weighted by molar-refractivity contribution is 7.80. The monoisotopic (exact) mass is 290 g/mol. The predicted molar refractivity (Wildman–Crippen MR) is 83.3 cm³/mol. The summed E-state index contributed by atoms with van der Waals surface area (Å²) in [5.41, 5.74) is 3.68. The van der Waals surface area contributed by atoms with Crippen molar-refractivity contribution in [1.29, 1.82) is 0 Å². The van der Waals surface area contributed by atoms with Crippen molar-refractivity contribution in [1.82, 2.24) is 0 Å². The molecule has 19 heavy (non-hydrogen) atoms. The Hall–Kier alpha value is -0.220. The summed E-state index contributed by atoms with van der Waals surface area (Å²) >= 11 is 4.02. The quantitative estimate of drug-likeness (QED) is 0.311. The van der Waals surface area contributed by atoms with Gasteiger partial charge in [0.2, 0.25) is 0 Å². The maximum atomic E-state index is 11.3. The predicted octanol–water partition coefficient (Wildman–Crippen LogP) is 2.99. The summed E-state index contributed by atoms with van der Waals surface area (Å²) in [4.78, 5) is 11.3. The van der Waals surface area contributed by atoms with Crippen molar-refractivity contribution in [3.05, 3.63) is 0 Å². The number of thiol groups is 1. The molecule has 0 aromatic rings. The number of carbonyl (C=O) groups excluding carboxylic acids is 1. The molecule has 0 aromatic heterocycles. The Labute approximate surface area is 124 Å². The van der Waals surface area contributed by atoms with Crippen LogP contribution in [-0.4, -0.2) is 24.4 Å². The van der Waals surface area contributed by atoms with Crippen LogP contribution in [0.2, 0.25) is 0 Å². The van der Waals surface area contributed by atoms with E-state index in [4.69, 9.17) is 4.74 Å². The molecule has 4 heteroatoms. The van der Waals surface area contributed by atoms with Crippen LogP contribution in [0.25, 0.3) is 0 Å². The molecular weight excluding hydrogens is 258 g/mol. The lowest BCUT2D eigenvalue weighted by Crippen LogP contribution is -2.66. The largest absolute Gasteiger partial charge is 0.461 e. The Morgan fingerprint density at radius 3 is 1.95 bits per heavy atom. The number of hydrogen-bond donors (Lipinski definition) is 2. The Kier molecular flexibility index (Phi) is 14.0. The molecule has 114 valence electrons. The molecule has 1 atom stereocenters. The number of carbonyl (C=O) groups is 1. The number of ether oxygens (including phenoxy) is 1. The first-order valence-electron chi connectivity index (χ1n) is 7.83. The second-order valence-corrected chi connectivity index (χ2v) is 5.59. The van der Waals surface area contributed by atoms with Gasteiger partial charge in [-0.25, -0.2) is 4.79 Å². The van der Waals surface area contributed by atoms with Crippen molar-refractivity contribution in [2.75, 3.05) is 12.4 Å². The van der Waals surface area contributed by atoms with E-state index < -0.39 is 0 Å². The third-order valence-electron chi connectivity index (χ3n) is 3.30. The fraction of sp³-hybridized carbons (Fsp3) is 0.933. The van der Waals surface area contributed by atoms with E-state index >= 15 is 0 Å². The molecule has 3 N–H and O–H groups in total. The molecule has 0 aliphatic rings. The summed E-state index contributed by atoms with van der Waals surface area (Å²) in [6.07, 6.45) is 12.9. The molecule has 0 fully saturated rings. The highest BCUT2D eigenvalue weighted by atomic mass is 32.1. The molecule has 0 aliphatic heterocycles. The summed E-state index contributed by atoms with van der Waals surface area (Å²) in [7, 11) is 0. The first-order valence-corrected chi connectivity index (χ1v) is 8.46. The molecule has 0 radical (unpaired) electrons. The van der Waals surface area contributed by atoms with Crippen LogP contribution in [0.1, 0.15) is 71.1 Å². The maximum absolute atomic E-state index is 11.3. The Morgan fingerprint density at radius 1 is 1.00 bits per heavy atom. The molecule has 0 bridgehead atoms. The zero-order valence-electron chi connectivity index (χ0n) is 12.5. The fourth-order valence-electron chi connectivity index (χ4n) is 1.95. The minimum atomic E-state index is -0.327. The molecule has 0 saturated heterocycles. The average Bonchev–Trinajstić information content (AvgIpc) is 2.43. The molecular formula is C15H32NO2S+. The zero-order chi connectivity index (χ0) is 14.3. The normalized spacial score (nSPS) is 12.4. The van der Waals surface area contributed by atoms with Crippen LogP contribution >= 0.6 is 12.6 Å². The molecule has 0 aliphatic carbocycles. The van der Waals surface area contributed by atoms with Gasteiger partial charge >= 0.3 is 5.97 Å². The van der Waals surface area contributed by atoms with Gasteiger partial charge in [0.05, 0.1) is 12.4 Å². The van der Waals surface area contributed by atoms with Gasteiger partial charge in [0.1, 0.15) is 0 Å². The summed E-state index contributed by atoms with van der Waals surface area (Å²) in [5, 5.41) is 0. The highest BCUT2D eigenvalue weighted by Crippen LogP contribution is 2.10. The first-order chi connectivity index (χ1) is 9.22. The number of quaternary nitrogens is 1. The number of rotatable bonds is 13. The van der Waals surface area contributed by atoms with Crippen LogP contribution in [-0.2, 0) is 9.53 Å². The molecule has 0 aromatic carbocycles. The summed E-state index contributed by atoms with van der Waals surface area (Å²) in [6, 6.07) is -0.327. The summed E-state index contributed by atoms with van der Waals surface area (Å²) in [6.45, 7) is 2.79. The van der Waals surface area contributed by atoms with Gasteiger partial charge in [-0.15, -0.1) is 0 Å². The van der Waals surface area contributed by atoms with E-state index in [0.717, 1.165) is 12.8 Å². The lowest BCUT2D eigenvalue weighted by Gasteiger charge is -2.06. The molecule has 3 nitrogen and oxygen atoms in total. The first kappa shape index (κ1) is 18.8. The van der Waals surface area contributed by atoms with E-state index in [-0.39, 0.29) is 12.0 Å². The summed E-state index contributed by atoms with van der Waals surface area (Å²) < 4.78 is 5.12. The van der Waals surface area contributed by atoms with Crippen LogP contribution in [0.15, 0.2) is 0 Å². The number of esters is 1. The second-order valence-electron chi connectivity index (χ2n) is 5.23. The van der Waals surface area contributed by atoms with Crippen molar-refractivity contribution < 1.29 is 15.3 Å². The average molecular weight is 290 g/mol. The smallest absolute Gasteiger partial charge is 0.365 e. The minimum Gasteiger partial charge on any atom is -0.461 e. The van der Waals surface area contributed by atoms with Crippen molar-refractivity contribution in [2.45, 2.75) is 77.2 Å². The van der Waals surface area contributed by atoms with Crippen LogP contribution < -0.4 is 5.73 Å². The maximum Gasteiger partial charge on any atom is 0.365 e. The van der Waals surface area contributed by atoms with Gasteiger partial charge in [0.25, 0.3) is 0 Å². The zero-order valence-corrected chi connectivity index (χ0v) is 13.4. The SMILES string of the molecule is CCCCCCCCCCCCOC(=O)C([NH3+])CS. The second kappa shape index (κ2) is 14.2. The molecule has 0 heterocycles. The third-order valence-corrected chi connectivity index (χ3v) is 3.74. The Bertz CT molecular complexity index is 212. The van der Waals surface area contributed by atoms with Gasteiger partial charge in [-0.05, 0) is 6.42 Å². The third kappa shape index (κ3) is 12.6. The fourth-order valence-corrected chi connectivity index (χ4v) is 2.10. The van der Waals surface area contributed by atoms with E-state index in [2.05, 4.69) is 25.3 Å². The van der Waals surface area contributed by atoms with Gasteiger partial charge in [0.15, 0.2) is 6.04 Å². The molecule has 0 spiro atoms. The van der Waals surface area contributed by atoms with Crippen molar-refractivity contribution in [2.24, 2.45) is 0 Å². The topological polar surface area (TPSA) is 53.9 Å². The van der Waals surface area contributed by atoms with E-state index in [1.165, 1.54) is 51.4 Å². The van der Waals surface area contributed by atoms with E-state index in [9.17, 15) is 4.79 Å². The lowest BCUT2D eigenvalue weighted by molar-refractivity contribution is -0.401. The van der Waals surface area contributed by atoms with Gasteiger partial charge in [0, 0.05) is 0 Å². The highest BCUT2D eigenvalue weighted by Gasteiger charge is 2.15. The Balaban J connectivity index is 3.13. The number of hydrogen-bond acceptors (Lipinski definition) is 3. The van der Waals surface area contributed by atoms with Crippen molar-refractivity contribution in [3.8, 4) is 0 Å². The lowest BCUT2D eigenvalue weighted by atomic mass is 10.1. The molecule has 0 rings (SSSR count). The van der Waals surface area contributed by atoms with Crippen LogP contribution in [0.5, 0.6) is 0 Å². The van der Waals surface area contributed by atoms with E-state index in [0.29, 0.717) is 12.4 Å². The van der Waals surface area contributed by atoms with Gasteiger partial charge < -0.3 is 10.5 Å². The summed E-state index contributed by atoms with van der Waals surface area (Å²) in [5.74, 6) is 0.238. The van der Waals surface area contributed by atoms with Crippen LogP contribution in [0.3, 0.4) is 0 Å². The van der Waals surface area contributed by atoms with Gasteiger partial charge in [-0.1, -0.05) is 64.7 Å². The standard InChI is InChI=1S/C15H31NO2S/c1-2-3-4-5-6-7-8-9-10-11-12-18-15(17)14(16)13-19/h14,19H,2-13,16H2,1H3/p+1. The van der Waals surface area contributed by atoms with Crippen molar-refractivity contribution in [3.63, 3.8) is 0 Å². The van der Waals surface area contributed by atoms with Crippen LogP contribution in [0.4, 0.5) is 0 Å². The van der Waals surface area contributed by atoms with Gasteiger partial charge in [-0.3, -0.25) is 0 Å². The molecule has 0 amide bonds. The van der Waals surface area contributed by atoms with E-state index in [1.807, 2.05) is 0 Å². The van der Waals surface area contributed by atoms with Gasteiger partial charge in [-0.2, -0.15) is 12.6 Å². The van der Waals surface area contributed by atoms with Crippen LogP contribution in [0, 0.1) is 0 Å². The minimum absolute atomic E-state index is 0.217. The molecule has 0 saturated carbocycles. The van der Waals surface area contributed by atoms with Crippen molar-refractivity contribution >= 4 is 18.6 Å². The Morgan fingerprint density at radius 2 is 1.47 bits per heavy atom. The van der Waals surface area contributed by atoms with E-state index in [1.54, 1.807) is 0 Å².